The van der Waals surface area contributed by atoms with E-state index in [-0.39, 0.29) is 12.0 Å². The Bertz CT molecular complexity index is 544. The van der Waals surface area contributed by atoms with Gasteiger partial charge in [0.25, 0.3) is 5.91 Å². The number of aliphatic hydroxyl groups excluding tert-OH is 1. The summed E-state index contributed by atoms with van der Waals surface area (Å²) in [5.41, 5.74) is 1.22. The molecule has 16 heavy (non-hydrogen) atoms. The summed E-state index contributed by atoms with van der Waals surface area (Å²) in [4.78, 5) is 17.5. The summed E-state index contributed by atoms with van der Waals surface area (Å²) in [5.74, 6) is -0.103. The molecule has 1 aliphatic rings. The van der Waals surface area contributed by atoms with Crippen LogP contribution in [-0.2, 0) is 0 Å². The van der Waals surface area contributed by atoms with Crippen LogP contribution in [0.4, 0.5) is 0 Å². The topological polar surface area (TPSA) is 70.7 Å². The SMILES string of the molecule is O=C(c1cnn2ccncc12)N1CC(O)C1. The number of aliphatic hydroxyl groups is 1. The summed E-state index contributed by atoms with van der Waals surface area (Å²) in [7, 11) is 0. The fourth-order valence-corrected chi connectivity index (χ4v) is 1.79. The molecule has 82 valence electrons. The number of nitrogens with zero attached hydrogens (tertiary/aromatic N) is 4. The Balaban J connectivity index is 1.97. The highest BCUT2D eigenvalue weighted by atomic mass is 16.3. The van der Waals surface area contributed by atoms with Crippen molar-refractivity contribution in [3.05, 3.63) is 30.4 Å². The number of likely N-dealkylation sites (tertiary alicyclic amines) is 1. The molecule has 1 fully saturated rings. The van der Waals surface area contributed by atoms with Crippen LogP contribution in [0.1, 0.15) is 10.4 Å². The molecule has 0 atom stereocenters. The van der Waals surface area contributed by atoms with E-state index in [4.69, 9.17) is 5.11 Å². The molecule has 2 aromatic heterocycles. The number of carbonyl (C=O) groups excluding carboxylic acids is 1. The van der Waals surface area contributed by atoms with Crippen molar-refractivity contribution >= 4 is 11.4 Å². The predicted molar refractivity (Wildman–Crippen MR) is 54.9 cm³/mol. The van der Waals surface area contributed by atoms with Gasteiger partial charge in [0.15, 0.2) is 0 Å². The van der Waals surface area contributed by atoms with Gasteiger partial charge in [-0.3, -0.25) is 9.78 Å². The normalized spacial score (nSPS) is 16.4. The van der Waals surface area contributed by atoms with Gasteiger partial charge in [0.05, 0.1) is 29.6 Å². The molecule has 1 N–H and O–H groups in total. The lowest BCUT2D eigenvalue weighted by atomic mass is 10.1. The van der Waals surface area contributed by atoms with Gasteiger partial charge in [0.1, 0.15) is 0 Å². The summed E-state index contributed by atoms with van der Waals surface area (Å²) in [6, 6.07) is 0. The van der Waals surface area contributed by atoms with E-state index in [0.717, 1.165) is 0 Å². The smallest absolute Gasteiger partial charge is 0.257 e. The average molecular weight is 218 g/mol. The van der Waals surface area contributed by atoms with Crippen molar-refractivity contribution in [2.75, 3.05) is 13.1 Å². The van der Waals surface area contributed by atoms with Gasteiger partial charge in [-0.05, 0) is 0 Å². The first-order valence-corrected chi connectivity index (χ1v) is 5.00. The number of fused-ring (bicyclic) bond motifs is 1. The van der Waals surface area contributed by atoms with E-state index in [9.17, 15) is 4.79 Å². The number of aromatic nitrogens is 3. The van der Waals surface area contributed by atoms with E-state index in [1.165, 1.54) is 6.20 Å². The molecule has 0 aromatic carbocycles. The van der Waals surface area contributed by atoms with Crippen LogP contribution in [0.25, 0.3) is 5.52 Å². The highest BCUT2D eigenvalue weighted by Gasteiger charge is 2.30. The van der Waals surface area contributed by atoms with Crippen molar-refractivity contribution in [1.82, 2.24) is 19.5 Å². The van der Waals surface area contributed by atoms with Crippen molar-refractivity contribution in [2.45, 2.75) is 6.10 Å². The summed E-state index contributed by atoms with van der Waals surface area (Å²) >= 11 is 0. The molecule has 6 heteroatoms. The summed E-state index contributed by atoms with van der Waals surface area (Å²) in [6.07, 6.45) is 6.06. The van der Waals surface area contributed by atoms with Gasteiger partial charge in [-0.1, -0.05) is 0 Å². The number of amides is 1. The molecule has 1 aliphatic heterocycles. The number of rotatable bonds is 1. The molecule has 0 unspecified atom stereocenters. The zero-order valence-corrected chi connectivity index (χ0v) is 8.45. The van der Waals surface area contributed by atoms with Crippen molar-refractivity contribution in [1.29, 1.82) is 0 Å². The van der Waals surface area contributed by atoms with Gasteiger partial charge < -0.3 is 10.0 Å². The Morgan fingerprint density at radius 2 is 2.25 bits per heavy atom. The van der Waals surface area contributed by atoms with E-state index in [1.54, 1.807) is 28.0 Å². The lowest BCUT2D eigenvalue weighted by Crippen LogP contribution is -2.53. The maximum absolute atomic E-state index is 12.0. The second-order valence-electron chi connectivity index (χ2n) is 3.83. The maximum atomic E-state index is 12.0. The second-order valence-corrected chi connectivity index (χ2v) is 3.83. The van der Waals surface area contributed by atoms with Crippen LogP contribution in [0, 0.1) is 0 Å². The highest BCUT2D eigenvalue weighted by molar-refractivity contribution is 6.00. The van der Waals surface area contributed by atoms with E-state index in [2.05, 4.69) is 10.1 Å². The molecule has 0 spiro atoms. The molecule has 0 radical (unpaired) electrons. The first-order valence-electron chi connectivity index (χ1n) is 5.00. The van der Waals surface area contributed by atoms with Gasteiger partial charge in [-0.15, -0.1) is 0 Å². The van der Waals surface area contributed by atoms with Gasteiger partial charge in [-0.2, -0.15) is 5.10 Å². The Morgan fingerprint density at radius 3 is 3.00 bits per heavy atom. The third kappa shape index (κ3) is 1.27. The minimum absolute atomic E-state index is 0.103. The van der Waals surface area contributed by atoms with Gasteiger partial charge in [0.2, 0.25) is 0 Å². The van der Waals surface area contributed by atoms with Gasteiger partial charge in [-0.25, -0.2) is 4.52 Å². The molecule has 3 rings (SSSR count). The molecule has 0 bridgehead atoms. The first kappa shape index (κ1) is 9.29. The van der Waals surface area contributed by atoms with E-state index < -0.39 is 0 Å². The molecule has 0 aliphatic carbocycles. The first-order chi connectivity index (χ1) is 7.75. The molecular weight excluding hydrogens is 208 g/mol. The van der Waals surface area contributed by atoms with Gasteiger partial charge >= 0.3 is 0 Å². The van der Waals surface area contributed by atoms with Crippen LogP contribution in [0.2, 0.25) is 0 Å². The van der Waals surface area contributed by atoms with E-state index in [0.29, 0.717) is 24.2 Å². The number of hydrogen-bond donors (Lipinski definition) is 1. The molecule has 1 amide bonds. The van der Waals surface area contributed by atoms with Crippen LogP contribution in [0.15, 0.2) is 24.8 Å². The monoisotopic (exact) mass is 218 g/mol. The maximum Gasteiger partial charge on any atom is 0.257 e. The molecule has 3 heterocycles. The van der Waals surface area contributed by atoms with Crippen molar-refractivity contribution < 1.29 is 9.90 Å². The molecule has 6 nitrogen and oxygen atoms in total. The van der Waals surface area contributed by atoms with E-state index >= 15 is 0 Å². The fraction of sp³-hybridized carbons (Fsp3) is 0.300. The van der Waals surface area contributed by atoms with Crippen LogP contribution in [0.3, 0.4) is 0 Å². The average Bonchev–Trinajstić information content (AvgIpc) is 2.67. The highest BCUT2D eigenvalue weighted by Crippen LogP contribution is 2.16. The lowest BCUT2D eigenvalue weighted by molar-refractivity contribution is 0.00602. The lowest BCUT2D eigenvalue weighted by Gasteiger charge is -2.35. The number of carbonyl (C=O) groups is 1. The predicted octanol–water partition coefficient (Wildman–Crippen LogP) is -0.454. The van der Waals surface area contributed by atoms with Crippen LogP contribution < -0.4 is 0 Å². The summed E-state index contributed by atoms with van der Waals surface area (Å²) in [6.45, 7) is 0.798. The summed E-state index contributed by atoms with van der Waals surface area (Å²) in [5, 5.41) is 13.2. The fourth-order valence-electron chi connectivity index (χ4n) is 1.79. The molecule has 2 aromatic rings. The van der Waals surface area contributed by atoms with Crippen LogP contribution >= 0.6 is 0 Å². The van der Waals surface area contributed by atoms with E-state index in [1.807, 2.05) is 0 Å². The van der Waals surface area contributed by atoms with Gasteiger partial charge in [0, 0.05) is 25.5 Å². The third-order valence-electron chi connectivity index (χ3n) is 2.70. The summed E-state index contributed by atoms with van der Waals surface area (Å²) < 4.78 is 1.61. The Kier molecular flexibility index (Phi) is 1.90. The Labute approximate surface area is 91.1 Å². The Morgan fingerprint density at radius 1 is 1.44 bits per heavy atom. The zero-order chi connectivity index (χ0) is 11.1. The zero-order valence-electron chi connectivity index (χ0n) is 8.45. The van der Waals surface area contributed by atoms with Crippen LogP contribution in [0.5, 0.6) is 0 Å². The standard InChI is InChI=1S/C10H10N4O2/c15-7-5-13(6-7)10(16)8-3-12-14-2-1-11-4-9(8)14/h1-4,7,15H,5-6H2. The Hall–Kier alpha value is -1.95. The second kappa shape index (κ2) is 3.28. The van der Waals surface area contributed by atoms with Crippen molar-refractivity contribution in [3.8, 4) is 0 Å². The minimum Gasteiger partial charge on any atom is -0.389 e. The third-order valence-corrected chi connectivity index (χ3v) is 2.70. The van der Waals surface area contributed by atoms with Crippen molar-refractivity contribution in [3.63, 3.8) is 0 Å². The number of hydrogen-bond acceptors (Lipinski definition) is 4. The largest absolute Gasteiger partial charge is 0.389 e. The number of β-amino-alcohol motifs (C(OH)–C–C–N with tert-alkyl or cyclic N) is 1. The molecular formula is C10H10N4O2. The van der Waals surface area contributed by atoms with Crippen LogP contribution in [-0.4, -0.2) is 49.7 Å². The quantitative estimate of drug-likeness (QED) is 0.703. The minimum atomic E-state index is -0.385. The molecule has 1 saturated heterocycles. The molecule has 0 saturated carbocycles. The van der Waals surface area contributed by atoms with Crippen molar-refractivity contribution in [2.24, 2.45) is 0 Å².